The summed E-state index contributed by atoms with van der Waals surface area (Å²) >= 11 is 1.37. The largest absolute Gasteiger partial charge is 0.352 e. The van der Waals surface area contributed by atoms with Crippen molar-refractivity contribution in [1.82, 2.24) is 14.9 Å². The van der Waals surface area contributed by atoms with Gasteiger partial charge in [0.1, 0.15) is 0 Å². The van der Waals surface area contributed by atoms with Crippen LogP contribution in [-0.2, 0) is 11.3 Å². The number of aromatic nitrogens is 2. The third kappa shape index (κ3) is 4.77. The van der Waals surface area contributed by atoms with Gasteiger partial charge in [0, 0.05) is 12.6 Å². The van der Waals surface area contributed by atoms with Gasteiger partial charge in [0.05, 0.1) is 16.7 Å². The molecule has 3 rings (SSSR count). The number of nitrogens with zero attached hydrogens (tertiary/aromatic N) is 2. The molecule has 1 saturated carbocycles. The van der Waals surface area contributed by atoms with E-state index in [9.17, 15) is 9.59 Å². The lowest BCUT2D eigenvalue weighted by atomic mass is 9.78. The van der Waals surface area contributed by atoms with E-state index in [4.69, 9.17) is 0 Å². The summed E-state index contributed by atoms with van der Waals surface area (Å²) in [5.74, 6) is 1.46. The molecular formula is C22H31N3O2S. The fraction of sp³-hybridized carbons (Fsp3) is 0.591. The van der Waals surface area contributed by atoms with Crippen molar-refractivity contribution in [2.45, 2.75) is 70.6 Å². The topological polar surface area (TPSA) is 64.0 Å². The Balaban J connectivity index is 1.73. The predicted molar refractivity (Wildman–Crippen MR) is 116 cm³/mol. The highest BCUT2D eigenvalue weighted by molar-refractivity contribution is 7.99. The molecule has 1 aromatic heterocycles. The minimum Gasteiger partial charge on any atom is -0.352 e. The van der Waals surface area contributed by atoms with Crippen molar-refractivity contribution < 1.29 is 4.79 Å². The Bertz CT molecular complexity index is 880. The van der Waals surface area contributed by atoms with Gasteiger partial charge in [0.25, 0.3) is 5.56 Å². The van der Waals surface area contributed by atoms with E-state index in [1.165, 1.54) is 24.6 Å². The smallest absolute Gasteiger partial charge is 0.262 e. The molecule has 1 aromatic carbocycles. The third-order valence-corrected chi connectivity index (χ3v) is 6.92. The summed E-state index contributed by atoms with van der Waals surface area (Å²) in [6.45, 7) is 7.23. The second-order valence-electron chi connectivity index (χ2n) is 7.95. The van der Waals surface area contributed by atoms with Crippen LogP contribution in [0, 0.1) is 11.8 Å². The van der Waals surface area contributed by atoms with Crippen LogP contribution in [0.3, 0.4) is 0 Å². The maximum atomic E-state index is 12.9. The average Bonchev–Trinajstić information content (AvgIpc) is 2.69. The van der Waals surface area contributed by atoms with E-state index in [1.807, 2.05) is 24.3 Å². The fourth-order valence-electron chi connectivity index (χ4n) is 3.94. The average molecular weight is 402 g/mol. The number of hydrogen-bond acceptors (Lipinski definition) is 4. The zero-order valence-corrected chi connectivity index (χ0v) is 17.9. The number of unbranched alkanes of at least 4 members (excludes halogenated alkanes) is 1. The lowest BCUT2D eigenvalue weighted by Gasteiger charge is -2.34. The van der Waals surface area contributed by atoms with E-state index >= 15 is 0 Å². The normalized spacial score (nSPS) is 22.3. The Kier molecular flexibility index (Phi) is 7.16. The quantitative estimate of drug-likeness (QED) is 0.557. The molecule has 1 aliphatic carbocycles. The second kappa shape index (κ2) is 9.59. The Morgan fingerprint density at radius 1 is 1.29 bits per heavy atom. The number of thioether (sulfide) groups is 1. The molecular weight excluding hydrogens is 370 g/mol. The van der Waals surface area contributed by atoms with E-state index in [-0.39, 0.29) is 23.3 Å². The Hall–Kier alpha value is -1.82. The Labute approximate surface area is 171 Å². The molecule has 0 saturated heterocycles. The van der Waals surface area contributed by atoms with Crippen LogP contribution in [0.2, 0.25) is 0 Å². The SMILES string of the molecule is CCCCn1c(SCC(=O)NC2CCCC(C)C2C)nc2ccccc2c1=O. The molecule has 0 radical (unpaired) electrons. The highest BCUT2D eigenvalue weighted by Crippen LogP contribution is 2.29. The van der Waals surface area contributed by atoms with E-state index in [1.54, 1.807) is 4.57 Å². The van der Waals surface area contributed by atoms with Crippen molar-refractivity contribution in [3.8, 4) is 0 Å². The summed E-state index contributed by atoms with van der Waals surface area (Å²) in [5, 5.41) is 4.48. The lowest BCUT2D eigenvalue weighted by molar-refractivity contribution is -0.120. The van der Waals surface area contributed by atoms with Crippen LogP contribution in [0.4, 0.5) is 0 Å². The van der Waals surface area contributed by atoms with Gasteiger partial charge in [0.2, 0.25) is 5.91 Å². The van der Waals surface area contributed by atoms with E-state index in [0.29, 0.717) is 34.4 Å². The van der Waals surface area contributed by atoms with Crippen LogP contribution >= 0.6 is 11.8 Å². The zero-order valence-electron chi connectivity index (χ0n) is 17.1. The molecule has 152 valence electrons. The lowest BCUT2D eigenvalue weighted by Crippen LogP contribution is -2.44. The third-order valence-electron chi connectivity index (χ3n) is 5.95. The van der Waals surface area contributed by atoms with Crippen LogP contribution in [0.15, 0.2) is 34.2 Å². The minimum absolute atomic E-state index is 0.0170. The first-order chi connectivity index (χ1) is 13.5. The summed E-state index contributed by atoms with van der Waals surface area (Å²) in [5.41, 5.74) is 0.676. The minimum atomic E-state index is -0.0170. The van der Waals surface area contributed by atoms with Crippen LogP contribution < -0.4 is 10.9 Å². The van der Waals surface area contributed by atoms with Gasteiger partial charge in [-0.05, 0) is 36.8 Å². The summed E-state index contributed by atoms with van der Waals surface area (Å²) in [4.78, 5) is 30.1. The molecule has 1 heterocycles. The molecule has 5 nitrogen and oxygen atoms in total. The van der Waals surface area contributed by atoms with E-state index in [2.05, 4.69) is 31.1 Å². The predicted octanol–water partition coefficient (Wildman–Crippen LogP) is 4.23. The van der Waals surface area contributed by atoms with Crippen LogP contribution in [0.5, 0.6) is 0 Å². The summed E-state index contributed by atoms with van der Waals surface area (Å²) in [6.07, 6.45) is 5.38. The van der Waals surface area contributed by atoms with Gasteiger partial charge in [-0.25, -0.2) is 4.98 Å². The van der Waals surface area contributed by atoms with Crippen molar-refractivity contribution in [3.63, 3.8) is 0 Å². The van der Waals surface area contributed by atoms with Gasteiger partial charge in [-0.15, -0.1) is 0 Å². The van der Waals surface area contributed by atoms with Gasteiger partial charge in [-0.3, -0.25) is 14.2 Å². The molecule has 1 fully saturated rings. The number of carbonyl (C=O) groups is 1. The molecule has 1 N–H and O–H groups in total. The molecule has 0 aliphatic heterocycles. The standard InChI is InChI=1S/C22H31N3O2S/c1-4-5-13-25-21(27)17-10-6-7-11-19(17)24-22(25)28-14-20(26)23-18-12-8-9-15(2)16(18)3/h6-7,10-11,15-16,18H,4-5,8-9,12-14H2,1-3H3,(H,23,26). The van der Waals surface area contributed by atoms with Gasteiger partial charge >= 0.3 is 0 Å². The van der Waals surface area contributed by atoms with Crippen LogP contribution in [0.1, 0.15) is 52.9 Å². The highest BCUT2D eigenvalue weighted by atomic mass is 32.2. The molecule has 1 aliphatic rings. The number of rotatable bonds is 7. The first-order valence-electron chi connectivity index (χ1n) is 10.4. The Morgan fingerprint density at radius 2 is 2.07 bits per heavy atom. The van der Waals surface area contributed by atoms with Gasteiger partial charge in [0.15, 0.2) is 5.16 Å². The van der Waals surface area contributed by atoms with Crippen molar-refractivity contribution in [3.05, 3.63) is 34.6 Å². The molecule has 3 unspecified atom stereocenters. The highest BCUT2D eigenvalue weighted by Gasteiger charge is 2.28. The van der Waals surface area contributed by atoms with Gasteiger partial charge < -0.3 is 5.32 Å². The summed E-state index contributed by atoms with van der Waals surface area (Å²) in [7, 11) is 0. The maximum absolute atomic E-state index is 12.9. The number of fused-ring (bicyclic) bond motifs is 1. The number of nitrogens with one attached hydrogen (secondary N) is 1. The number of amides is 1. The number of para-hydroxylation sites is 1. The van der Waals surface area contributed by atoms with Crippen LogP contribution in [-0.4, -0.2) is 27.3 Å². The van der Waals surface area contributed by atoms with E-state index in [0.717, 1.165) is 19.3 Å². The van der Waals surface area contributed by atoms with Crippen LogP contribution in [0.25, 0.3) is 10.9 Å². The maximum Gasteiger partial charge on any atom is 0.262 e. The van der Waals surface area contributed by atoms with Gasteiger partial charge in [-0.2, -0.15) is 0 Å². The first kappa shape index (κ1) is 20.9. The number of hydrogen-bond donors (Lipinski definition) is 1. The molecule has 28 heavy (non-hydrogen) atoms. The van der Waals surface area contributed by atoms with E-state index < -0.39 is 0 Å². The monoisotopic (exact) mass is 401 g/mol. The fourth-order valence-corrected chi connectivity index (χ4v) is 4.77. The molecule has 6 heteroatoms. The Morgan fingerprint density at radius 3 is 2.86 bits per heavy atom. The molecule has 1 amide bonds. The van der Waals surface area contributed by atoms with Crippen molar-refractivity contribution >= 4 is 28.6 Å². The number of carbonyl (C=O) groups excluding carboxylic acids is 1. The first-order valence-corrected chi connectivity index (χ1v) is 11.4. The van der Waals surface area contributed by atoms with Gasteiger partial charge in [-0.1, -0.05) is 63.9 Å². The summed E-state index contributed by atoms with van der Waals surface area (Å²) in [6, 6.07) is 7.68. The van der Waals surface area contributed by atoms with Crippen molar-refractivity contribution in [2.24, 2.45) is 11.8 Å². The molecule has 0 bridgehead atoms. The molecule has 3 atom stereocenters. The summed E-state index contributed by atoms with van der Waals surface area (Å²) < 4.78 is 1.73. The number of benzene rings is 1. The zero-order chi connectivity index (χ0) is 20.1. The molecule has 0 spiro atoms. The second-order valence-corrected chi connectivity index (χ2v) is 8.89. The van der Waals surface area contributed by atoms with Crippen molar-refractivity contribution in [1.29, 1.82) is 0 Å². The molecule has 2 aromatic rings. The van der Waals surface area contributed by atoms with Crippen molar-refractivity contribution in [2.75, 3.05) is 5.75 Å².